The first kappa shape index (κ1) is 9.94. The Bertz CT molecular complexity index is 378. The lowest BCUT2D eigenvalue weighted by atomic mass is 10.1. The lowest BCUT2D eigenvalue weighted by Gasteiger charge is -2.16. The van der Waals surface area contributed by atoms with Crippen LogP contribution >= 0.6 is 0 Å². The van der Waals surface area contributed by atoms with Crippen LogP contribution < -0.4 is 0 Å². The molecule has 5 nitrogen and oxygen atoms in total. The average Bonchev–Trinajstić information content (AvgIpc) is 2.05. The molecule has 0 radical (unpaired) electrons. The van der Waals surface area contributed by atoms with Crippen LogP contribution in [0.15, 0.2) is 0 Å². The molecule has 0 saturated carbocycles. The summed E-state index contributed by atoms with van der Waals surface area (Å²) >= 11 is 0. The molecule has 1 fully saturated rings. The highest BCUT2D eigenvalue weighted by molar-refractivity contribution is 7.94. The van der Waals surface area contributed by atoms with Crippen molar-refractivity contribution in [2.45, 2.75) is 18.1 Å². The SMILES string of the molecule is CC1(S(=O)(=O)O)CCS(=O)(=O)C1. The van der Waals surface area contributed by atoms with Crippen molar-refractivity contribution in [2.75, 3.05) is 11.5 Å². The molecule has 0 aromatic rings. The fraction of sp³-hybridized carbons (Fsp3) is 1.00. The van der Waals surface area contributed by atoms with Gasteiger partial charge in [-0.15, -0.1) is 0 Å². The zero-order valence-electron chi connectivity index (χ0n) is 6.52. The summed E-state index contributed by atoms with van der Waals surface area (Å²) in [4.78, 5) is 0. The predicted octanol–water partition coefficient (Wildman–Crippen LogP) is -0.549. The minimum absolute atomic E-state index is 0.0197. The van der Waals surface area contributed by atoms with Gasteiger partial charge in [-0.05, 0) is 13.3 Å². The summed E-state index contributed by atoms with van der Waals surface area (Å²) in [6, 6.07) is 0. The molecule has 1 saturated heterocycles. The Morgan fingerprint density at radius 1 is 1.42 bits per heavy atom. The Balaban J connectivity index is 3.10. The summed E-state index contributed by atoms with van der Waals surface area (Å²) in [7, 11) is -7.53. The largest absolute Gasteiger partial charge is 0.285 e. The quantitative estimate of drug-likeness (QED) is 0.592. The molecule has 0 aromatic carbocycles. The Labute approximate surface area is 71.4 Å². The summed E-state index contributed by atoms with van der Waals surface area (Å²) in [5.74, 6) is -0.637. The Kier molecular flexibility index (Phi) is 2.01. The maximum Gasteiger partial charge on any atom is 0.271 e. The Morgan fingerprint density at radius 2 is 1.92 bits per heavy atom. The van der Waals surface area contributed by atoms with Gasteiger partial charge in [0.05, 0.1) is 11.5 Å². The minimum atomic E-state index is -4.25. The van der Waals surface area contributed by atoms with E-state index in [1.807, 2.05) is 0 Å². The van der Waals surface area contributed by atoms with Crippen LogP contribution in [-0.4, -0.2) is 37.6 Å². The van der Waals surface area contributed by atoms with Crippen molar-refractivity contribution in [1.29, 1.82) is 0 Å². The topological polar surface area (TPSA) is 88.5 Å². The van der Waals surface area contributed by atoms with E-state index in [1.54, 1.807) is 0 Å². The maximum absolute atomic E-state index is 10.9. The van der Waals surface area contributed by atoms with Crippen LogP contribution in [0.25, 0.3) is 0 Å². The third kappa shape index (κ3) is 1.62. The molecule has 1 rings (SSSR count). The molecule has 1 aliphatic rings. The summed E-state index contributed by atoms with van der Waals surface area (Å²) in [5, 5.41) is 0. The molecular formula is C5H10O5S2. The van der Waals surface area contributed by atoms with E-state index in [4.69, 9.17) is 4.55 Å². The zero-order chi connectivity index (χ0) is 9.62. The van der Waals surface area contributed by atoms with E-state index >= 15 is 0 Å². The van der Waals surface area contributed by atoms with Gasteiger partial charge in [0.25, 0.3) is 10.1 Å². The monoisotopic (exact) mass is 214 g/mol. The van der Waals surface area contributed by atoms with Crippen molar-refractivity contribution >= 4 is 20.0 Å². The van der Waals surface area contributed by atoms with Crippen molar-refractivity contribution in [3.63, 3.8) is 0 Å². The maximum atomic E-state index is 10.9. The molecule has 12 heavy (non-hydrogen) atoms. The minimum Gasteiger partial charge on any atom is -0.285 e. The lowest BCUT2D eigenvalue weighted by molar-refractivity contribution is 0.443. The van der Waals surface area contributed by atoms with Gasteiger partial charge in [0.1, 0.15) is 4.75 Å². The molecule has 0 aliphatic carbocycles. The van der Waals surface area contributed by atoms with Crippen molar-refractivity contribution in [2.24, 2.45) is 0 Å². The van der Waals surface area contributed by atoms with Gasteiger partial charge in [-0.1, -0.05) is 0 Å². The number of hydrogen-bond donors (Lipinski definition) is 1. The van der Waals surface area contributed by atoms with E-state index in [0.717, 1.165) is 0 Å². The molecule has 0 spiro atoms. The standard InChI is InChI=1S/C5H10O5S2/c1-5(12(8,9)10)2-3-11(6,7)4-5/h2-4H2,1H3,(H,8,9,10). The number of rotatable bonds is 1. The van der Waals surface area contributed by atoms with Crippen molar-refractivity contribution in [3.05, 3.63) is 0 Å². The van der Waals surface area contributed by atoms with E-state index in [2.05, 4.69) is 0 Å². The van der Waals surface area contributed by atoms with Crippen LogP contribution in [0, 0.1) is 0 Å². The highest BCUT2D eigenvalue weighted by atomic mass is 32.2. The van der Waals surface area contributed by atoms with E-state index in [1.165, 1.54) is 6.92 Å². The van der Waals surface area contributed by atoms with Crippen molar-refractivity contribution in [1.82, 2.24) is 0 Å². The Morgan fingerprint density at radius 3 is 2.08 bits per heavy atom. The highest BCUT2D eigenvalue weighted by Crippen LogP contribution is 2.29. The summed E-state index contributed by atoms with van der Waals surface area (Å²) < 4.78 is 50.5. The molecule has 1 heterocycles. The van der Waals surface area contributed by atoms with Crippen LogP contribution in [-0.2, 0) is 20.0 Å². The molecule has 72 valence electrons. The molecule has 1 unspecified atom stereocenters. The van der Waals surface area contributed by atoms with Crippen LogP contribution in [0.1, 0.15) is 13.3 Å². The van der Waals surface area contributed by atoms with Crippen molar-refractivity contribution < 1.29 is 21.4 Å². The summed E-state index contributed by atoms with van der Waals surface area (Å²) in [5.41, 5.74) is 0. The lowest BCUT2D eigenvalue weighted by Crippen LogP contribution is -2.35. The normalized spacial score (nSPS) is 35.2. The first-order valence-corrected chi connectivity index (χ1v) is 6.60. The van der Waals surface area contributed by atoms with Gasteiger partial charge in [-0.3, -0.25) is 4.55 Å². The van der Waals surface area contributed by atoms with Gasteiger partial charge in [0, 0.05) is 0 Å². The van der Waals surface area contributed by atoms with E-state index in [-0.39, 0.29) is 12.2 Å². The summed E-state index contributed by atoms with van der Waals surface area (Å²) in [6.07, 6.45) is -0.0197. The number of hydrogen-bond acceptors (Lipinski definition) is 4. The molecule has 0 amide bonds. The Hall–Kier alpha value is -0.140. The van der Waals surface area contributed by atoms with Gasteiger partial charge in [0.15, 0.2) is 9.84 Å². The molecule has 1 atom stereocenters. The molecule has 1 N–H and O–H groups in total. The van der Waals surface area contributed by atoms with E-state index < -0.39 is 30.5 Å². The van der Waals surface area contributed by atoms with E-state index in [9.17, 15) is 16.8 Å². The fourth-order valence-corrected chi connectivity index (χ4v) is 4.79. The molecule has 0 aromatic heterocycles. The molecule has 0 bridgehead atoms. The van der Waals surface area contributed by atoms with Crippen LogP contribution in [0.3, 0.4) is 0 Å². The second kappa shape index (κ2) is 2.43. The van der Waals surface area contributed by atoms with Crippen LogP contribution in [0.5, 0.6) is 0 Å². The number of sulfone groups is 1. The van der Waals surface area contributed by atoms with Gasteiger partial charge >= 0.3 is 0 Å². The van der Waals surface area contributed by atoms with Crippen LogP contribution in [0.4, 0.5) is 0 Å². The summed E-state index contributed by atoms with van der Waals surface area (Å²) in [6.45, 7) is 1.24. The first-order chi connectivity index (χ1) is 5.16. The third-order valence-corrected chi connectivity index (χ3v) is 5.77. The van der Waals surface area contributed by atoms with Crippen molar-refractivity contribution in [3.8, 4) is 0 Å². The second-order valence-corrected chi connectivity index (χ2v) is 7.39. The van der Waals surface area contributed by atoms with Gasteiger partial charge in [-0.2, -0.15) is 8.42 Å². The second-order valence-electron chi connectivity index (χ2n) is 3.27. The molecule has 7 heteroatoms. The molecular weight excluding hydrogens is 204 g/mol. The third-order valence-electron chi connectivity index (χ3n) is 2.09. The smallest absolute Gasteiger partial charge is 0.271 e. The zero-order valence-corrected chi connectivity index (χ0v) is 8.15. The van der Waals surface area contributed by atoms with Gasteiger partial charge in [0.2, 0.25) is 0 Å². The molecule has 1 aliphatic heterocycles. The van der Waals surface area contributed by atoms with Gasteiger partial charge < -0.3 is 0 Å². The average molecular weight is 214 g/mol. The van der Waals surface area contributed by atoms with Crippen LogP contribution in [0.2, 0.25) is 0 Å². The first-order valence-electron chi connectivity index (χ1n) is 3.34. The van der Waals surface area contributed by atoms with E-state index in [0.29, 0.717) is 0 Å². The van der Waals surface area contributed by atoms with Gasteiger partial charge in [-0.25, -0.2) is 8.42 Å². The fourth-order valence-electron chi connectivity index (χ4n) is 1.18. The highest BCUT2D eigenvalue weighted by Gasteiger charge is 2.47. The predicted molar refractivity (Wildman–Crippen MR) is 43.2 cm³/mol.